The lowest BCUT2D eigenvalue weighted by atomic mass is 10.0. The summed E-state index contributed by atoms with van der Waals surface area (Å²) in [4.78, 5) is 16.9. The predicted molar refractivity (Wildman–Crippen MR) is 102 cm³/mol. The first-order valence-corrected chi connectivity index (χ1v) is 8.53. The van der Waals surface area contributed by atoms with Crippen LogP contribution < -0.4 is 15.4 Å². The summed E-state index contributed by atoms with van der Waals surface area (Å²) in [5, 5.41) is 10.3. The molecule has 1 aromatic carbocycles. The Labute approximate surface area is 156 Å². The Hall–Kier alpha value is -2.80. The van der Waals surface area contributed by atoms with Crippen LogP contribution in [0.1, 0.15) is 31.0 Å². The summed E-state index contributed by atoms with van der Waals surface area (Å²) in [6, 6.07) is 4.65. The second-order valence-electron chi connectivity index (χ2n) is 6.21. The van der Waals surface area contributed by atoms with E-state index < -0.39 is 0 Å². The molecule has 0 saturated carbocycles. The number of halogens is 1. The van der Waals surface area contributed by atoms with E-state index in [1.54, 1.807) is 28.9 Å². The zero-order valence-electron chi connectivity index (χ0n) is 15.0. The molecule has 0 bridgehead atoms. The standard InChI is InChI=1S/C18H20ClN5O2/c1-10(2)16-14(8-20-24-9-11(3)21-17(16)24)23-18(25)22-12-5-6-15(26-4)13(19)7-12/h5-10H,1-4H3,(H2,22,23,25). The van der Waals surface area contributed by atoms with Gasteiger partial charge in [0.05, 0.1) is 35.9 Å². The Kier molecular flexibility index (Phi) is 4.99. The van der Waals surface area contributed by atoms with E-state index >= 15 is 0 Å². The molecule has 2 aromatic heterocycles. The van der Waals surface area contributed by atoms with E-state index in [1.807, 2.05) is 27.0 Å². The van der Waals surface area contributed by atoms with E-state index in [9.17, 15) is 4.79 Å². The number of urea groups is 1. The molecule has 0 saturated heterocycles. The van der Waals surface area contributed by atoms with Crippen molar-refractivity contribution >= 4 is 34.7 Å². The van der Waals surface area contributed by atoms with Crippen molar-refractivity contribution in [3.63, 3.8) is 0 Å². The first kappa shape index (κ1) is 18.0. The summed E-state index contributed by atoms with van der Waals surface area (Å²) in [5.74, 6) is 0.706. The molecule has 2 N–H and O–H groups in total. The Bertz CT molecular complexity index is 968. The highest BCUT2D eigenvalue weighted by Crippen LogP contribution is 2.29. The van der Waals surface area contributed by atoms with Crippen molar-refractivity contribution < 1.29 is 9.53 Å². The van der Waals surface area contributed by atoms with Gasteiger partial charge in [-0.25, -0.2) is 14.3 Å². The molecule has 3 rings (SSSR count). The van der Waals surface area contributed by atoms with Crippen LogP contribution in [0.4, 0.5) is 16.2 Å². The minimum absolute atomic E-state index is 0.160. The van der Waals surface area contributed by atoms with Crippen molar-refractivity contribution in [3.8, 4) is 5.75 Å². The maximum absolute atomic E-state index is 12.4. The average Bonchev–Trinajstić information content (AvgIpc) is 2.94. The van der Waals surface area contributed by atoms with Crippen LogP contribution in [0.5, 0.6) is 5.75 Å². The second-order valence-corrected chi connectivity index (χ2v) is 6.61. The van der Waals surface area contributed by atoms with Gasteiger partial charge in [0, 0.05) is 11.3 Å². The molecule has 0 aliphatic carbocycles. The van der Waals surface area contributed by atoms with Gasteiger partial charge in [-0.05, 0) is 31.0 Å². The van der Waals surface area contributed by atoms with Gasteiger partial charge in [0.15, 0.2) is 5.65 Å². The number of carbonyl (C=O) groups excluding carboxylic acids is 1. The van der Waals surface area contributed by atoms with E-state index in [-0.39, 0.29) is 11.9 Å². The summed E-state index contributed by atoms with van der Waals surface area (Å²) in [6.45, 7) is 6.00. The van der Waals surface area contributed by atoms with Crippen LogP contribution in [0.15, 0.2) is 30.6 Å². The number of ether oxygens (including phenoxy) is 1. The van der Waals surface area contributed by atoms with Crippen molar-refractivity contribution in [1.82, 2.24) is 14.6 Å². The van der Waals surface area contributed by atoms with Gasteiger partial charge in [-0.1, -0.05) is 25.4 Å². The Morgan fingerprint density at radius 3 is 2.73 bits per heavy atom. The molecule has 7 nitrogen and oxygen atoms in total. The molecule has 0 spiro atoms. The van der Waals surface area contributed by atoms with Gasteiger partial charge in [-0.15, -0.1) is 0 Å². The minimum Gasteiger partial charge on any atom is -0.495 e. The lowest BCUT2D eigenvalue weighted by Gasteiger charge is -2.15. The summed E-state index contributed by atoms with van der Waals surface area (Å²) >= 11 is 6.09. The monoisotopic (exact) mass is 373 g/mol. The lowest BCUT2D eigenvalue weighted by molar-refractivity contribution is 0.262. The predicted octanol–water partition coefficient (Wildman–Crippen LogP) is 4.47. The summed E-state index contributed by atoms with van der Waals surface area (Å²) in [7, 11) is 1.54. The fourth-order valence-corrected chi connectivity index (χ4v) is 3.02. The number of rotatable bonds is 4. The number of nitrogens with one attached hydrogen (secondary N) is 2. The molecule has 136 valence electrons. The number of nitrogens with zero attached hydrogens (tertiary/aromatic N) is 3. The number of carbonyl (C=O) groups is 1. The van der Waals surface area contributed by atoms with Gasteiger partial charge in [-0.3, -0.25) is 0 Å². The van der Waals surface area contributed by atoms with Gasteiger partial charge >= 0.3 is 6.03 Å². The van der Waals surface area contributed by atoms with E-state index in [2.05, 4.69) is 20.7 Å². The largest absolute Gasteiger partial charge is 0.495 e. The fraction of sp³-hybridized carbons (Fsp3) is 0.278. The number of fused-ring (bicyclic) bond motifs is 1. The summed E-state index contributed by atoms with van der Waals surface area (Å²) in [6.07, 6.45) is 3.48. The first-order chi connectivity index (χ1) is 12.4. The Morgan fingerprint density at radius 2 is 2.08 bits per heavy atom. The molecular formula is C18H20ClN5O2. The maximum atomic E-state index is 12.4. The average molecular weight is 374 g/mol. The molecule has 26 heavy (non-hydrogen) atoms. The fourth-order valence-electron chi connectivity index (χ4n) is 2.76. The number of methoxy groups -OCH3 is 1. The van der Waals surface area contributed by atoms with Crippen molar-refractivity contribution in [2.45, 2.75) is 26.7 Å². The number of imidazole rings is 1. The molecule has 0 aliphatic heterocycles. The third kappa shape index (κ3) is 3.57. The quantitative estimate of drug-likeness (QED) is 0.707. The van der Waals surface area contributed by atoms with E-state index in [4.69, 9.17) is 16.3 Å². The van der Waals surface area contributed by atoms with Crippen LogP contribution >= 0.6 is 11.6 Å². The van der Waals surface area contributed by atoms with Crippen LogP contribution in [0.25, 0.3) is 5.65 Å². The third-order valence-corrected chi connectivity index (χ3v) is 4.18. The molecule has 3 aromatic rings. The molecule has 0 radical (unpaired) electrons. The van der Waals surface area contributed by atoms with Gasteiger partial charge in [0.1, 0.15) is 5.75 Å². The number of amides is 2. The number of benzene rings is 1. The third-order valence-electron chi connectivity index (χ3n) is 3.89. The molecule has 0 atom stereocenters. The summed E-state index contributed by atoms with van der Waals surface area (Å²) < 4.78 is 6.83. The molecule has 2 amide bonds. The highest BCUT2D eigenvalue weighted by Gasteiger charge is 2.17. The zero-order chi connectivity index (χ0) is 18.8. The SMILES string of the molecule is COc1ccc(NC(=O)Nc2cnn3cc(C)nc3c2C(C)C)cc1Cl. The first-order valence-electron chi connectivity index (χ1n) is 8.15. The van der Waals surface area contributed by atoms with Crippen molar-refractivity contribution in [2.24, 2.45) is 0 Å². The smallest absolute Gasteiger partial charge is 0.323 e. The number of aryl methyl sites for hydroxylation is 1. The van der Waals surface area contributed by atoms with Crippen LogP contribution in [0.2, 0.25) is 5.02 Å². The van der Waals surface area contributed by atoms with Gasteiger partial charge < -0.3 is 15.4 Å². The van der Waals surface area contributed by atoms with Crippen LogP contribution in [-0.4, -0.2) is 27.7 Å². The van der Waals surface area contributed by atoms with Crippen molar-refractivity contribution in [3.05, 3.63) is 46.9 Å². The normalized spacial score (nSPS) is 11.0. The van der Waals surface area contributed by atoms with Gasteiger partial charge in [-0.2, -0.15) is 5.10 Å². The summed E-state index contributed by atoms with van der Waals surface area (Å²) in [5.41, 5.74) is 3.72. The Balaban J connectivity index is 1.85. The lowest BCUT2D eigenvalue weighted by Crippen LogP contribution is -2.21. The molecule has 8 heteroatoms. The zero-order valence-corrected chi connectivity index (χ0v) is 15.8. The molecular weight excluding hydrogens is 354 g/mol. The van der Waals surface area contributed by atoms with Crippen molar-refractivity contribution in [1.29, 1.82) is 0 Å². The molecule has 2 heterocycles. The van der Waals surface area contributed by atoms with E-state index in [1.165, 1.54) is 7.11 Å². The molecule has 0 fully saturated rings. The Morgan fingerprint density at radius 1 is 1.31 bits per heavy atom. The number of hydrogen-bond donors (Lipinski definition) is 2. The van der Waals surface area contributed by atoms with Gasteiger partial charge in [0.25, 0.3) is 0 Å². The highest BCUT2D eigenvalue weighted by molar-refractivity contribution is 6.32. The van der Waals surface area contributed by atoms with Crippen LogP contribution in [-0.2, 0) is 0 Å². The molecule has 0 unspecified atom stereocenters. The van der Waals surface area contributed by atoms with Crippen LogP contribution in [0.3, 0.4) is 0 Å². The van der Waals surface area contributed by atoms with Gasteiger partial charge in [0.2, 0.25) is 0 Å². The second kappa shape index (κ2) is 7.21. The van der Waals surface area contributed by atoms with Crippen LogP contribution in [0, 0.1) is 6.92 Å². The number of aromatic nitrogens is 3. The maximum Gasteiger partial charge on any atom is 0.323 e. The minimum atomic E-state index is -0.387. The van der Waals surface area contributed by atoms with E-state index in [0.717, 1.165) is 16.9 Å². The van der Waals surface area contributed by atoms with Crippen molar-refractivity contribution in [2.75, 3.05) is 17.7 Å². The number of hydrogen-bond acceptors (Lipinski definition) is 4. The van der Waals surface area contributed by atoms with E-state index in [0.29, 0.717) is 22.1 Å². The highest BCUT2D eigenvalue weighted by atomic mass is 35.5. The molecule has 0 aliphatic rings. The number of anilines is 2. The topological polar surface area (TPSA) is 80.5 Å².